The van der Waals surface area contributed by atoms with E-state index in [0.717, 1.165) is 11.6 Å². The Kier molecular flexibility index (Phi) is 7.95. The number of amides is 2. The molecule has 2 aliphatic rings. The molecule has 11 heteroatoms. The molecule has 0 unspecified atom stereocenters. The number of aliphatic hydroxyl groups is 1. The van der Waals surface area contributed by atoms with Crippen molar-refractivity contribution in [2.45, 2.75) is 44.2 Å². The molecular formula is C29H29F2N3O6. The first-order valence-corrected chi connectivity index (χ1v) is 12.9. The maximum Gasteiger partial charge on any atom is 0.274 e. The van der Waals surface area contributed by atoms with Gasteiger partial charge < -0.3 is 29.4 Å². The summed E-state index contributed by atoms with van der Waals surface area (Å²) in [6.07, 6.45) is 1.97. The number of fused-ring (bicyclic) bond motifs is 4. The second kappa shape index (κ2) is 11.6. The summed E-state index contributed by atoms with van der Waals surface area (Å²) >= 11 is 0. The minimum Gasteiger partial charge on any atom is -0.483 e. The maximum atomic E-state index is 14.1. The maximum absolute atomic E-state index is 14.1. The average Bonchev–Trinajstić information content (AvgIpc) is 3.12. The summed E-state index contributed by atoms with van der Waals surface area (Å²) in [4.78, 5) is 42.3. The molecule has 2 bridgehead atoms. The monoisotopic (exact) mass is 553 g/mol. The van der Waals surface area contributed by atoms with Crippen LogP contribution in [0.4, 0.5) is 8.78 Å². The summed E-state index contributed by atoms with van der Waals surface area (Å²) in [5.74, 6) is -3.18. The van der Waals surface area contributed by atoms with Gasteiger partial charge in [0, 0.05) is 38.0 Å². The van der Waals surface area contributed by atoms with Crippen LogP contribution in [0, 0.1) is 11.6 Å². The summed E-state index contributed by atoms with van der Waals surface area (Å²) in [7, 11) is 1.55. The van der Waals surface area contributed by atoms with Crippen molar-refractivity contribution in [1.82, 2.24) is 14.8 Å². The smallest absolute Gasteiger partial charge is 0.274 e. The van der Waals surface area contributed by atoms with E-state index in [1.165, 1.54) is 17.2 Å². The lowest BCUT2D eigenvalue weighted by Crippen LogP contribution is -2.51. The van der Waals surface area contributed by atoms with Gasteiger partial charge in [-0.2, -0.15) is 0 Å². The van der Waals surface area contributed by atoms with Crippen LogP contribution in [0.5, 0.6) is 5.75 Å². The molecule has 3 aromatic rings. The highest BCUT2D eigenvalue weighted by Gasteiger charge is 2.44. The highest BCUT2D eigenvalue weighted by atomic mass is 19.1. The zero-order chi connectivity index (χ0) is 28.4. The van der Waals surface area contributed by atoms with Gasteiger partial charge in [0.2, 0.25) is 5.43 Å². The Labute approximate surface area is 228 Å². The number of carbonyl (C=O) groups excluding carboxylic acids is 2. The zero-order valence-electron chi connectivity index (χ0n) is 21.8. The first kappa shape index (κ1) is 27.5. The van der Waals surface area contributed by atoms with Gasteiger partial charge in [-0.25, -0.2) is 8.78 Å². The summed E-state index contributed by atoms with van der Waals surface area (Å²) in [6.45, 7) is -0.371. The molecule has 0 spiro atoms. The van der Waals surface area contributed by atoms with Gasteiger partial charge >= 0.3 is 0 Å². The molecule has 1 aromatic heterocycles. The number of carbonyl (C=O) groups is 2. The van der Waals surface area contributed by atoms with E-state index in [4.69, 9.17) is 9.47 Å². The van der Waals surface area contributed by atoms with Gasteiger partial charge in [0.25, 0.3) is 11.8 Å². The number of aromatic nitrogens is 1. The highest BCUT2D eigenvalue weighted by molar-refractivity contribution is 5.99. The number of nitrogens with one attached hydrogen (secondary N) is 1. The molecule has 3 atom stereocenters. The topological polar surface area (TPSA) is 110 Å². The molecule has 2 amide bonds. The summed E-state index contributed by atoms with van der Waals surface area (Å²) < 4.78 is 40.7. The molecule has 2 aromatic carbocycles. The van der Waals surface area contributed by atoms with Gasteiger partial charge in [-0.3, -0.25) is 14.4 Å². The lowest BCUT2D eigenvalue weighted by Gasteiger charge is -2.39. The van der Waals surface area contributed by atoms with Crippen LogP contribution in [0.1, 0.15) is 50.9 Å². The molecule has 5 rings (SSSR count). The molecule has 1 saturated heterocycles. The number of nitrogens with zero attached hydrogens (tertiary/aromatic N) is 2. The fourth-order valence-electron chi connectivity index (χ4n) is 5.33. The molecular weight excluding hydrogens is 524 g/mol. The van der Waals surface area contributed by atoms with Crippen LogP contribution in [0.15, 0.2) is 59.5 Å². The van der Waals surface area contributed by atoms with E-state index in [1.807, 2.05) is 6.07 Å². The van der Waals surface area contributed by atoms with E-state index >= 15 is 0 Å². The normalized spacial score (nSPS) is 20.1. The van der Waals surface area contributed by atoms with Crippen molar-refractivity contribution in [1.29, 1.82) is 0 Å². The van der Waals surface area contributed by atoms with Crippen molar-refractivity contribution in [3.05, 3.63) is 99.0 Å². The highest BCUT2D eigenvalue weighted by Crippen LogP contribution is 2.36. The Hall–Kier alpha value is -4.09. The molecule has 3 heterocycles. The van der Waals surface area contributed by atoms with Gasteiger partial charge in [0.1, 0.15) is 23.8 Å². The first-order valence-electron chi connectivity index (χ1n) is 12.9. The Balaban J connectivity index is 1.58. The van der Waals surface area contributed by atoms with Gasteiger partial charge in [-0.15, -0.1) is 0 Å². The predicted octanol–water partition coefficient (Wildman–Crippen LogP) is 2.80. The lowest BCUT2D eigenvalue weighted by molar-refractivity contribution is 0.0292. The Morgan fingerprint density at radius 3 is 2.60 bits per heavy atom. The number of ether oxygens (including phenoxy) is 2. The van der Waals surface area contributed by atoms with Crippen LogP contribution in [0.25, 0.3) is 0 Å². The Morgan fingerprint density at radius 1 is 1.12 bits per heavy atom. The van der Waals surface area contributed by atoms with E-state index < -0.39 is 41.0 Å². The second-order valence-electron chi connectivity index (χ2n) is 9.86. The van der Waals surface area contributed by atoms with Crippen LogP contribution < -0.4 is 15.5 Å². The third kappa shape index (κ3) is 5.22. The molecule has 1 fully saturated rings. The van der Waals surface area contributed by atoms with E-state index in [0.29, 0.717) is 18.9 Å². The van der Waals surface area contributed by atoms with E-state index in [1.54, 1.807) is 35.9 Å². The number of rotatable bonds is 8. The first-order chi connectivity index (χ1) is 19.3. The second-order valence-corrected chi connectivity index (χ2v) is 9.86. The molecule has 210 valence electrons. The van der Waals surface area contributed by atoms with Gasteiger partial charge in [0.05, 0.1) is 24.8 Å². The van der Waals surface area contributed by atoms with Crippen molar-refractivity contribution < 1.29 is 33.0 Å². The van der Waals surface area contributed by atoms with Crippen molar-refractivity contribution >= 4 is 11.8 Å². The number of pyridine rings is 1. The largest absolute Gasteiger partial charge is 0.483 e. The molecule has 0 saturated carbocycles. The van der Waals surface area contributed by atoms with Gasteiger partial charge in [-0.05, 0) is 24.5 Å². The van der Waals surface area contributed by atoms with Crippen LogP contribution >= 0.6 is 0 Å². The summed E-state index contributed by atoms with van der Waals surface area (Å²) in [5.41, 5.74) is -0.347. The predicted molar refractivity (Wildman–Crippen MR) is 140 cm³/mol. The Bertz CT molecular complexity index is 1480. The lowest BCUT2D eigenvalue weighted by atomic mass is 10.0. The fourth-order valence-corrected chi connectivity index (χ4v) is 5.33. The van der Waals surface area contributed by atoms with Gasteiger partial charge in [0.15, 0.2) is 11.4 Å². The van der Waals surface area contributed by atoms with Crippen molar-refractivity contribution in [2.75, 3.05) is 20.3 Å². The number of benzene rings is 2. The molecule has 40 heavy (non-hydrogen) atoms. The number of hydrogen-bond acceptors (Lipinski definition) is 6. The quantitative estimate of drug-likeness (QED) is 0.444. The number of hydrogen-bond donors (Lipinski definition) is 2. The van der Waals surface area contributed by atoms with Crippen LogP contribution in [0.3, 0.4) is 0 Å². The number of halogens is 2. The van der Waals surface area contributed by atoms with Crippen LogP contribution in [-0.4, -0.2) is 58.8 Å². The van der Waals surface area contributed by atoms with Crippen molar-refractivity contribution in [3.63, 3.8) is 0 Å². The van der Waals surface area contributed by atoms with Crippen molar-refractivity contribution in [3.8, 4) is 5.75 Å². The molecule has 0 radical (unpaired) electrons. The summed E-state index contributed by atoms with van der Waals surface area (Å²) in [6, 6.07) is 11.1. The van der Waals surface area contributed by atoms with Crippen molar-refractivity contribution in [2.24, 2.45) is 0 Å². The molecule has 0 aliphatic carbocycles. The number of methoxy groups -OCH3 is 1. The Morgan fingerprint density at radius 2 is 1.90 bits per heavy atom. The van der Waals surface area contributed by atoms with E-state index in [2.05, 4.69) is 5.32 Å². The molecule has 2 aliphatic heterocycles. The van der Waals surface area contributed by atoms with Crippen LogP contribution in [0.2, 0.25) is 0 Å². The van der Waals surface area contributed by atoms with E-state index in [9.17, 15) is 28.3 Å². The summed E-state index contributed by atoms with van der Waals surface area (Å²) in [5, 5.41) is 12.5. The molecule has 9 nitrogen and oxygen atoms in total. The minimum absolute atomic E-state index is 0.0271. The molecule has 2 N–H and O–H groups in total. The minimum atomic E-state index is -0.833. The van der Waals surface area contributed by atoms with Crippen LogP contribution in [-0.2, 0) is 17.9 Å². The number of aliphatic hydroxyl groups excluding tert-OH is 1. The fraction of sp³-hybridized carbons (Fsp3) is 0.345. The standard InChI is InChI=1S/C29H29F2N3O6/c1-39-24-10-9-20(15-35)33-14-23(24)34-13-21(28(37)32-12-18-7-8-19(30)11-22(18)31)26(36)27(25(34)29(33)38)40-16-17-5-3-2-4-6-17/h2-8,11,13,20,23-24,35H,9-10,12,14-16H2,1H3,(H,32,37)/t20-,23-,24+/m1/s1. The zero-order valence-corrected chi connectivity index (χ0v) is 21.8. The average molecular weight is 554 g/mol. The third-order valence-electron chi connectivity index (χ3n) is 7.49. The van der Waals surface area contributed by atoms with Gasteiger partial charge in [-0.1, -0.05) is 36.4 Å². The SMILES string of the molecule is CO[C@H]1CC[C@H](CO)N2C[C@H]1n1cc(C(=O)NCc3ccc(F)cc3F)c(=O)c(OCc3ccccc3)c1C2=O. The van der Waals surface area contributed by atoms with E-state index in [-0.39, 0.29) is 55.0 Å². The third-order valence-corrected chi connectivity index (χ3v) is 7.49.